The van der Waals surface area contributed by atoms with E-state index in [2.05, 4.69) is 25.6 Å². The van der Waals surface area contributed by atoms with Crippen LogP contribution in [0.1, 0.15) is 12.6 Å². The van der Waals surface area contributed by atoms with Gasteiger partial charge in [0.1, 0.15) is 43.0 Å². The predicted octanol–water partition coefficient (Wildman–Crippen LogP) is 5.12. The van der Waals surface area contributed by atoms with E-state index >= 15 is 0 Å². The van der Waals surface area contributed by atoms with Gasteiger partial charge in [-0.15, -0.1) is 0 Å². The van der Waals surface area contributed by atoms with Gasteiger partial charge in [0.2, 0.25) is 0 Å². The van der Waals surface area contributed by atoms with Gasteiger partial charge in [-0.05, 0) is 49.4 Å². The Bertz CT molecular complexity index is 1300. The number of ether oxygens (including phenoxy) is 3. The van der Waals surface area contributed by atoms with Gasteiger partial charge in [-0.3, -0.25) is 4.98 Å². The first-order chi connectivity index (χ1) is 17.0. The second-order valence-corrected chi connectivity index (χ2v) is 7.94. The Kier molecular flexibility index (Phi) is 7.79. The third-order valence-corrected chi connectivity index (χ3v) is 5.20. The lowest BCUT2D eigenvalue weighted by atomic mass is 10.2. The summed E-state index contributed by atoms with van der Waals surface area (Å²) in [5.41, 5.74) is 2.22. The van der Waals surface area contributed by atoms with Crippen molar-refractivity contribution in [3.63, 3.8) is 0 Å². The Morgan fingerprint density at radius 2 is 1.94 bits per heavy atom. The Balaban J connectivity index is 1.51. The first-order valence-corrected chi connectivity index (χ1v) is 11.3. The highest BCUT2D eigenvalue weighted by Gasteiger charge is 2.15. The molecule has 0 saturated heterocycles. The van der Waals surface area contributed by atoms with Crippen LogP contribution >= 0.6 is 11.6 Å². The molecule has 0 spiro atoms. The van der Waals surface area contributed by atoms with Crippen molar-refractivity contribution in [2.45, 2.75) is 19.6 Å². The number of anilines is 2. The molecule has 0 bridgehead atoms. The molecule has 4 aromatic rings. The van der Waals surface area contributed by atoms with E-state index in [4.69, 9.17) is 25.8 Å². The summed E-state index contributed by atoms with van der Waals surface area (Å²) >= 11 is 6.46. The minimum atomic E-state index is -0.520. The number of carbonyl (C=O) groups is 1. The maximum Gasteiger partial charge on any atom is 0.406 e. The fraction of sp³-hybridized carbons (Fsp3) is 0.200. The molecule has 2 aromatic carbocycles. The van der Waals surface area contributed by atoms with Crippen LogP contribution in [0.3, 0.4) is 0 Å². The molecule has 2 N–H and O–H groups in total. The topological polar surface area (TPSA) is 107 Å². The molecule has 1 unspecified atom stereocenters. The van der Waals surface area contributed by atoms with Gasteiger partial charge in [-0.25, -0.2) is 14.8 Å². The van der Waals surface area contributed by atoms with Gasteiger partial charge in [0.25, 0.3) is 0 Å². The van der Waals surface area contributed by atoms with E-state index in [0.29, 0.717) is 45.5 Å². The number of amides is 1. The molecule has 0 aliphatic rings. The number of nitrogens with zero attached hydrogens (tertiary/aromatic N) is 3. The number of benzene rings is 2. The highest BCUT2D eigenvalue weighted by molar-refractivity contribution is 6.32. The molecule has 2 heterocycles. The Hall–Kier alpha value is -4.11. The lowest BCUT2D eigenvalue weighted by Gasteiger charge is -2.18. The molecule has 2 aromatic heterocycles. The minimum absolute atomic E-state index is 0.0854. The average Bonchev–Trinajstić information content (AvgIpc) is 2.87. The summed E-state index contributed by atoms with van der Waals surface area (Å²) in [5, 5.41) is 6.82. The lowest BCUT2D eigenvalue weighted by molar-refractivity contribution is 0.0923. The molecule has 0 saturated carbocycles. The van der Waals surface area contributed by atoms with E-state index < -0.39 is 12.2 Å². The SMILES string of the molecule is CNC(=O)OCC(C)Oc1cccc2ncnc(Nc3ccc(OCc4ccccn4)c(Cl)c3)c12. The highest BCUT2D eigenvalue weighted by atomic mass is 35.5. The number of fused-ring (bicyclic) bond motifs is 1. The molecule has 1 amide bonds. The third-order valence-electron chi connectivity index (χ3n) is 4.90. The normalized spacial score (nSPS) is 11.5. The first-order valence-electron chi connectivity index (χ1n) is 10.9. The summed E-state index contributed by atoms with van der Waals surface area (Å²) in [4.78, 5) is 24.4. The summed E-state index contributed by atoms with van der Waals surface area (Å²) in [5.74, 6) is 1.65. The maximum atomic E-state index is 11.4. The minimum Gasteiger partial charge on any atom is -0.486 e. The molecule has 180 valence electrons. The maximum absolute atomic E-state index is 11.4. The smallest absolute Gasteiger partial charge is 0.406 e. The lowest BCUT2D eigenvalue weighted by Crippen LogP contribution is -2.26. The second-order valence-electron chi connectivity index (χ2n) is 7.53. The number of pyridine rings is 1. The first kappa shape index (κ1) is 24.0. The monoisotopic (exact) mass is 493 g/mol. The molecule has 0 radical (unpaired) electrons. The number of hydrogen-bond donors (Lipinski definition) is 2. The van der Waals surface area contributed by atoms with Gasteiger partial charge in [-0.1, -0.05) is 23.7 Å². The summed E-state index contributed by atoms with van der Waals surface area (Å²) in [7, 11) is 1.50. The summed E-state index contributed by atoms with van der Waals surface area (Å²) < 4.78 is 16.9. The molecular formula is C25H24ClN5O4. The number of hydrogen-bond acceptors (Lipinski definition) is 8. The Morgan fingerprint density at radius 1 is 1.06 bits per heavy atom. The molecular weight excluding hydrogens is 470 g/mol. The molecule has 0 fully saturated rings. The highest BCUT2D eigenvalue weighted by Crippen LogP contribution is 2.34. The van der Waals surface area contributed by atoms with Crippen LogP contribution in [0.4, 0.5) is 16.3 Å². The van der Waals surface area contributed by atoms with Crippen LogP contribution in [0.5, 0.6) is 11.5 Å². The summed E-state index contributed by atoms with van der Waals surface area (Å²) in [6.45, 7) is 2.20. The van der Waals surface area contributed by atoms with Crippen molar-refractivity contribution >= 4 is 40.1 Å². The van der Waals surface area contributed by atoms with Crippen molar-refractivity contribution < 1.29 is 19.0 Å². The van der Waals surface area contributed by atoms with Crippen LogP contribution in [0, 0.1) is 0 Å². The van der Waals surface area contributed by atoms with E-state index in [1.54, 1.807) is 18.3 Å². The Morgan fingerprint density at radius 3 is 2.71 bits per heavy atom. The van der Waals surface area contributed by atoms with Gasteiger partial charge < -0.3 is 24.8 Å². The number of alkyl carbamates (subject to hydrolysis) is 1. The fourth-order valence-corrected chi connectivity index (χ4v) is 3.49. The third kappa shape index (κ3) is 6.27. The number of rotatable bonds is 9. The van der Waals surface area contributed by atoms with E-state index in [1.165, 1.54) is 13.4 Å². The summed E-state index contributed by atoms with van der Waals surface area (Å²) in [6.07, 6.45) is 2.27. The fourth-order valence-electron chi connectivity index (χ4n) is 3.26. The Labute approximate surface area is 207 Å². The zero-order chi connectivity index (χ0) is 24.6. The zero-order valence-corrected chi connectivity index (χ0v) is 20.0. The molecule has 0 aliphatic heterocycles. The quantitative estimate of drug-likeness (QED) is 0.330. The predicted molar refractivity (Wildman–Crippen MR) is 133 cm³/mol. The molecule has 1 atom stereocenters. The molecule has 35 heavy (non-hydrogen) atoms. The number of carbonyl (C=O) groups excluding carboxylic acids is 1. The molecule has 9 nitrogen and oxygen atoms in total. The van der Waals surface area contributed by atoms with E-state index in [-0.39, 0.29) is 6.61 Å². The van der Waals surface area contributed by atoms with Gasteiger partial charge in [0.05, 0.1) is 21.6 Å². The van der Waals surface area contributed by atoms with Crippen molar-refractivity contribution in [1.82, 2.24) is 20.3 Å². The van der Waals surface area contributed by atoms with Crippen LogP contribution in [-0.4, -0.2) is 40.8 Å². The van der Waals surface area contributed by atoms with E-state index in [0.717, 1.165) is 5.69 Å². The largest absolute Gasteiger partial charge is 0.486 e. The van der Waals surface area contributed by atoms with E-state index in [1.807, 2.05) is 49.4 Å². The van der Waals surface area contributed by atoms with E-state index in [9.17, 15) is 4.79 Å². The average molecular weight is 494 g/mol. The second kappa shape index (κ2) is 11.3. The molecule has 0 aliphatic carbocycles. The number of nitrogens with one attached hydrogen (secondary N) is 2. The van der Waals surface area contributed by atoms with Gasteiger partial charge in [0, 0.05) is 18.9 Å². The zero-order valence-electron chi connectivity index (χ0n) is 19.2. The molecule has 4 rings (SSSR count). The van der Waals surface area contributed by atoms with Crippen molar-refractivity contribution in [1.29, 1.82) is 0 Å². The molecule has 10 heteroatoms. The number of halogens is 1. The summed E-state index contributed by atoms with van der Waals surface area (Å²) in [6, 6.07) is 16.5. The van der Waals surface area contributed by atoms with Crippen LogP contribution < -0.4 is 20.1 Å². The van der Waals surface area contributed by atoms with Crippen LogP contribution in [0.15, 0.2) is 67.1 Å². The van der Waals surface area contributed by atoms with Crippen molar-refractivity contribution in [3.05, 3.63) is 77.8 Å². The van der Waals surface area contributed by atoms with Gasteiger partial charge in [-0.2, -0.15) is 0 Å². The van der Waals surface area contributed by atoms with Crippen molar-refractivity contribution in [2.24, 2.45) is 0 Å². The van der Waals surface area contributed by atoms with Crippen molar-refractivity contribution in [3.8, 4) is 11.5 Å². The van der Waals surface area contributed by atoms with Crippen LogP contribution in [0.25, 0.3) is 10.9 Å². The van der Waals surface area contributed by atoms with Crippen molar-refractivity contribution in [2.75, 3.05) is 19.0 Å². The van der Waals surface area contributed by atoms with Gasteiger partial charge in [0.15, 0.2) is 0 Å². The number of aromatic nitrogens is 3. The van der Waals surface area contributed by atoms with Crippen LogP contribution in [0.2, 0.25) is 5.02 Å². The standard InChI is InChI=1S/C25H24ClN5O4/c1-16(13-34-25(32)27-2)35-22-8-5-7-20-23(22)24(30-15-29-20)31-17-9-10-21(19(26)12-17)33-14-18-6-3-4-11-28-18/h3-12,15-16H,13-14H2,1-2H3,(H,27,32)(H,29,30,31). The van der Waals surface area contributed by atoms with Gasteiger partial charge >= 0.3 is 6.09 Å². The van der Waals surface area contributed by atoms with Crippen LogP contribution in [-0.2, 0) is 11.3 Å².